The Hall–Kier alpha value is -2.27. The SMILES string of the molecule is CC[C@@H](C(=O)NC(C)C)N(Cc1ccc(C)cc1)C(=O)CSc1ccccc1. The maximum Gasteiger partial charge on any atom is 0.243 e. The minimum absolute atomic E-state index is 0.0276. The highest BCUT2D eigenvalue weighted by atomic mass is 32.2. The van der Waals surface area contributed by atoms with Crippen LogP contribution in [0.4, 0.5) is 0 Å². The molecule has 0 saturated carbocycles. The van der Waals surface area contributed by atoms with Crippen molar-refractivity contribution in [2.75, 3.05) is 5.75 Å². The summed E-state index contributed by atoms with van der Waals surface area (Å²) < 4.78 is 0. The van der Waals surface area contributed by atoms with E-state index in [-0.39, 0.29) is 17.9 Å². The van der Waals surface area contributed by atoms with E-state index in [1.54, 1.807) is 4.90 Å². The number of hydrogen-bond acceptors (Lipinski definition) is 3. The zero-order chi connectivity index (χ0) is 20.5. The van der Waals surface area contributed by atoms with E-state index in [0.717, 1.165) is 10.5 Å². The van der Waals surface area contributed by atoms with Gasteiger partial charge in [0.25, 0.3) is 0 Å². The third-order valence-corrected chi connectivity index (χ3v) is 5.39. The molecule has 0 unspecified atom stereocenters. The summed E-state index contributed by atoms with van der Waals surface area (Å²) in [7, 11) is 0. The van der Waals surface area contributed by atoms with E-state index in [1.165, 1.54) is 17.3 Å². The quantitative estimate of drug-likeness (QED) is 0.636. The lowest BCUT2D eigenvalue weighted by Gasteiger charge is -2.31. The fourth-order valence-electron chi connectivity index (χ4n) is 2.94. The van der Waals surface area contributed by atoms with Crippen molar-refractivity contribution in [3.8, 4) is 0 Å². The first-order valence-corrected chi connectivity index (χ1v) is 10.7. The van der Waals surface area contributed by atoms with Crippen molar-refractivity contribution in [3.05, 3.63) is 65.7 Å². The second-order valence-electron chi connectivity index (χ2n) is 7.20. The summed E-state index contributed by atoms with van der Waals surface area (Å²) in [6.45, 7) is 8.28. The fourth-order valence-corrected chi connectivity index (χ4v) is 3.74. The summed E-state index contributed by atoms with van der Waals surface area (Å²) in [5.41, 5.74) is 2.20. The van der Waals surface area contributed by atoms with Crippen molar-refractivity contribution >= 4 is 23.6 Å². The van der Waals surface area contributed by atoms with Crippen LogP contribution in [0.15, 0.2) is 59.5 Å². The van der Waals surface area contributed by atoms with Gasteiger partial charge < -0.3 is 10.2 Å². The first-order valence-electron chi connectivity index (χ1n) is 9.74. The zero-order valence-corrected chi connectivity index (χ0v) is 18.0. The van der Waals surface area contributed by atoms with Gasteiger partial charge in [0.15, 0.2) is 0 Å². The van der Waals surface area contributed by atoms with Gasteiger partial charge in [0.1, 0.15) is 6.04 Å². The topological polar surface area (TPSA) is 49.4 Å². The molecule has 0 aliphatic heterocycles. The van der Waals surface area contributed by atoms with Crippen LogP contribution in [-0.4, -0.2) is 34.6 Å². The highest BCUT2D eigenvalue weighted by Crippen LogP contribution is 2.20. The second kappa shape index (κ2) is 10.9. The number of amides is 2. The zero-order valence-electron chi connectivity index (χ0n) is 17.1. The summed E-state index contributed by atoms with van der Waals surface area (Å²) in [6.07, 6.45) is 0.576. The van der Waals surface area contributed by atoms with Gasteiger partial charge in [-0.25, -0.2) is 0 Å². The number of thioether (sulfide) groups is 1. The van der Waals surface area contributed by atoms with Gasteiger partial charge in [0.05, 0.1) is 5.75 Å². The summed E-state index contributed by atoms with van der Waals surface area (Å²) in [4.78, 5) is 28.6. The molecular weight excluding hydrogens is 368 g/mol. The Morgan fingerprint density at radius 3 is 2.25 bits per heavy atom. The van der Waals surface area contributed by atoms with Crippen LogP contribution in [0.3, 0.4) is 0 Å². The normalized spacial score (nSPS) is 11.9. The van der Waals surface area contributed by atoms with E-state index in [4.69, 9.17) is 0 Å². The van der Waals surface area contributed by atoms with Crippen molar-refractivity contribution in [2.45, 2.75) is 57.6 Å². The molecule has 5 heteroatoms. The van der Waals surface area contributed by atoms with Gasteiger partial charge in [0.2, 0.25) is 11.8 Å². The minimum Gasteiger partial charge on any atom is -0.352 e. The molecule has 0 aliphatic carbocycles. The van der Waals surface area contributed by atoms with E-state index < -0.39 is 6.04 Å². The van der Waals surface area contributed by atoms with Crippen LogP contribution in [0.1, 0.15) is 38.3 Å². The van der Waals surface area contributed by atoms with Gasteiger partial charge >= 0.3 is 0 Å². The third kappa shape index (κ3) is 6.71. The van der Waals surface area contributed by atoms with Crippen LogP contribution in [0.25, 0.3) is 0 Å². The lowest BCUT2D eigenvalue weighted by atomic mass is 10.1. The molecule has 150 valence electrons. The first-order chi connectivity index (χ1) is 13.4. The van der Waals surface area contributed by atoms with E-state index in [2.05, 4.69) is 5.32 Å². The van der Waals surface area contributed by atoms with Crippen LogP contribution in [-0.2, 0) is 16.1 Å². The number of nitrogens with one attached hydrogen (secondary N) is 1. The van der Waals surface area contributed by atoms with E-state index in [9.17, 15) is 9.59 Å². The highest BCUT2D eigenvalue weighted by molar-refractivity contribution is 8.00. The number of aryl methyl sites for hydroxylation is 1. The molecule has 2 aromatic rings. The average Bonchev–Trinajstić information content (AvgIpc) is 2.67. The van der Waals surface area contributed by atoms with Crippen molar-refractivity contribution < 1.29 is 9.59 Å². The van der Waals surface area contributed by atoms with Gasteiger partial charge in [-0.15, -0.1) is 11.8 Å². The summed E-state index contributed by atoms with van der Waals surface area (Å²) in [6, 6.07) is 17.5. The van der Waals surface area contributed by atoms with Gasteiger partial charge in [-0.3, -0.25) is 9.59 Å². The van der Waals surface area contributed by atoms with Crippen molar-refractivity contribution in [3.63, 3.8) is 0 Å². The molecule has 1 atom stereocenters. The molecule has 0 heterocycles. The summed E-state index contributed by atoms with van der Waals surface area (Å²) >= 11 is 1.50. The molecule has 0 aromatic heterocycles. The molecule has 2 rings (SSSR count). The fraction of sp³-hybridized carbons (Fsp3) is 0.391. The number of rotatable bonds is 9. The Morgan fingerprint density at radius 1 is 1.04 bits per heavy atom. The Kier molecular flexibility index (Phi) is 8.58. The van der Waals surface area contributed by atoms with Crippen molar-refractivity contribution in [2.24, 2.45) is 0 Å². The molecule has 0 aliphatic rings. The predicted octanol–water partition coefficient (Wildman–Crippen LogP) is 4.42. The Balaban J connectivity index is 2.18. The van der Waals surface area contributed by atoms with Gasteiger partial charge in [-0.1, -0.05) is 55.0 Å². The van der Waals surface area contributed by atoms with Crippen LogP contribution in [0, 0.1) is 6.92 Å². The molecule has 28 heavy (non-hydrogen) atoms. The Morgan fingerprint density at radius 2 is 1.68 bits per heavy atom. The largest absolute Gasteiger partial charge is 0.352 e. The molecule has 2 amide bonds. The Labute approximate surface area is 172 Å². The average molecular weight is 399 g/mol. The van der Waals surface area contributed by atoms with Gasteiger partial charge in [-0.2, -0.15) is 0 Å². The molecule has 0 spiro atoms. The Bertz CT molecular complexity index is 760. The van der Waals surface area contributed by atoms with Crippen molar-refractivity contribution in [1.82, 2.24) is 10.2 Å². The van der Waals surface area contributed by atoms with E-state index >= 15 is 0 Å². The highest BCUT2D eigenvalue weighted by Gasteiger charge is 2.28. The number of nitrogens with zero attached hydrogens (tertiary/aromatic N) is 1. The molecule has 0 fully saturated rings. The molecule has 0 radical (unpaired) electrons. The van der Waals surface area contributed by atoms with Crippen LogP contribution < -0.4 is 5.32 Å². The maximum atomic E-state index is 13.1. The third-order valence-electron chi connectivity index (χ3n) is 4.40. The van der Waals surface area contributed by atoms with E-state index in [1.807, 2.05) is 82.3 Å². The molecule has 4 nitrogen and oxygen atoms in total. The molecule has 0 saturated heterocycles. The lowest BCUT2D eigenvalue weighted by molar-refractivity contribution is -0.139. The molecule has 0 bridgehead atoms. The van der Waals surface area contributed by atoms with Crippen LogP contribution >= 0.6 is 11.8 Å². The standard InChI is InChI=1S/C23H30N2O2S/c1-5-21(23(27)24-17(2)3)25(15-19-13-11-18(4)12-14-19)22(26)16-28-20-9-7-6-8-10-20/h6-14,17,21H,5,15-16H2,1-4H3,(H,24,27)/t21-/m0/s1. The monoisotopic (exact) mass is 398 g/mol. The van der Waals surface area contributed by atoms with E-state index in [0.29, 0.717) is 18.7 Å². The predicted molar refractivity (Wildman–Crippen MR) is 116 cm³/mol. The van der Waals surface area contributed by atoms with Crippen molar-refractivity contribution in [1.29, 1.82) is 0 Å². The number of carbonyl (C=O) groups is 2. The molecule has 1 N–H and O–H groups in total. The number of benzene rings is 2. The smallest absolute Gasteiger partial charge is 0.243 e. The number of carbonyl (C=O) groups excluding carboxylic acids is 2. The lowest BCUT2D eigenvalue weighted by Crippen LogP contribution is -2.50. The second-order valence-corrected chi connectivity index (χ2v) is 8.25. The maximum absolute atomic E-state index is 13.1. The minimum atomic E-state index is -0.479. The van der Waals surface area contributed by atoms with Gasteiger partial charge in [0, 0.05) is 17.5 Å². The first kappa shape index (κ1) is 22.0. The number of hydrogen-bond donors (Lipinski definition) is 1. The molecule has 2 aromatic carbocycles. The van der Waals surface area contributed by atoms with Gasteiger partial charge in [-0.05, 0) is 44.9 Å². The molecular formula is C23H30N2O2S. The summed E-state index contributed by atoms with van der Waals surface area (Å²) in [5, 5.41) is 2.96. The van der Waals surface area contributed by atoms with Crippen LogP contribution in [0.2, 0.25) is 0 Å². The summed E-state index contributed by atoms with van der Waals surface area (Å²) in [5.74, 6) is 0.185. The van der Waals surface area contributed by atoms with Crippen LogP contribution in [0.5, 0.6) is 0 Å².